The molecule has 0 radical (unpaired) electrons. The zero-order chi connectivity index (χ0) is 19.9. The molecule has 4 nitrogen and oxygen atoms in total. The third-order valence-corrected chi connectivity index (χ3v) is 5.48. The molecule has 0 aliphatic rings. The lowest BCUT2D eigenvalue weighted by atomic mass is 10.1. The predicted molar refractivity (Wildman–Crippen MR) is 114 cm³/mol. The molecule has 5 heteroatoms. The van der Waals surface area contributed by atoms with Crippen molar-refractivity contribution in [2.75, 3.05) is 12.9 Å². The van der Waals surface area contributed by atoms with Gasteiger partial charge in [0.2, 0.25) is 0 Å². The molecule has 0 amide bonds. The van der Waals surface area contributed by atoms with Crippen molar-refractivity contribution in [2.24, 2.45) is 0 Å². The van der Waals surface area contributed by atoms with Crippen molar-refractivity contribution in [3.63, 3.8) is 0 Å². The summed E-state index contributed by atoms with van der Waals surface area (Å²) in [5.74, 6) is -0.0330. The highest BCUT2D eigenvalue weighted by molar-refractivity contribution is 7.98. The molecule has 0 spiro atoms. The highest BCUT2D eigenvalue weighted by atomic mass is 32.2. The fourth-order valence-electron chi connectivity index (χ4n) is 3.22. The van der Waals surface area contributed by atoms with Gasteiger partial charge in [-0.2, -0.15) is 0 Å². The van der Waals surface area contributed by atoms with Crippen LogP contribution in [0, 0.1) is 6.92 Å². The largest absolute Gasteiger partial charge is 0.491 e. The van der Waals surface area contributed by atoms with Gasteiger partial charge in [-0.3, -0.25) is 4.79 Å². The number of benzene rings is 2. The summed E-state index contributed by atoms with van der Waals surface area (Å²) in [5, 5.41) is 8.92. The van der Waals surface area contributed by atoms with Crippen LogP contribution >= 0.6 is 11.8 Å². The summed E-state index contributed by atoms with van der Waals surface area (Å²) in [6, 6.07) is 20.5. The highest BCUT2D eigenvalue weighted by Crippen LogP contribution is 2.26. The molecule has 1 heterocycles. The first kappa shape index (κ1) is 20.1. The van der Waals surface area contributed by atoms with E-state index in [2.05, 4.69) is 54.1 Å². The summed E-state index contributed by atoms with van der Waals surface area (Å²) >= 11 is 1.74. The Kier molecular flexibility index (Phi) is 6.82. The van der Waals surface area contributed by atoms with Crippen molar-refractivity contribution in [2.45, 2.75) is 31.2 Å². The first-order valence-corrected chi connectivity index (χ1v) is 10.5. The molecule has 0 saturated heterocycles. The maximum Gasteiger partial charge on any atom is 0.303 e. The lowest BCUT2D eigenvalue weighted by Crippen LogP contribution is -2.11. The Labute approximate surface area is 170 Å². The normalized spacial score (nSPS) is 10.8. The third-order valence-electron chi connectivity index (χ3n) is 4.74. The quantitative estimate of drug-likeness (QED) is 0.501. The minimum absolute atomic E-state index is 0.104. The molecule has 2 aromatic carbocycles. The smallest absolute Gasteiger partial charge is 0.303 e. The highest BCUT2D eigenvalue weighted by Gasteiger charge is 2.09. The van der Waals surface area contributed by atoms with E-state index < -0.39 is 5.97 Å². The number of hydrogen-bond donors (Lipinski definition) is 1. The van der Waals surface area contributed by atoms with Crippen LogP contribution in [0.3, 0.4) is 0 Å². The van der Waals surface area contributed by atoms with E-state index in [1.165, 1.54) is 21.8 Å². The minimum Gasteiger partial charge on any atom is -0.491 e. The van der Waals surface area contributed by atoms with Gasteiger partial charge in [0.25, 0.3) is 0 Å². The lowest BCUT2D eigenvalue weighted by molar-refractivity contribution is -0.136. The van der Waals surface area contributed by atoms with Crippen LogP contribution in [0.25, 0.3) is 11.3 Å². The van der Waals surface area contributed by atoms with E-state index in [9.17, 15) is 4.79 Å². The molecule has 3 aromatic rings. The van der Waals surface area contributed by atoms with E-state index in [0.29, 0.717) is 13.0 Å². The van der Waals surface area contributed by atoms with Gasteiger partial charge >= 0.3 is 5.97 Å². The van der Waals surface area contributed by atoms with Crippen molar-refractivity contribution < 1.29 is 14.6 Å². The Morgan fingerprint density at radius 2 is 1.82 bits per heavy atom. The number of aliphatic carboxylic acids is 1. The fourth-order valence-corrected chi connectivity index (χ4v) is 3.63. The maximum absolute atomic E-state index is 10.9. The van der Waals surface area contributed by atoms with Crippen molar-refractivity contribution in [3.8, 4) is 17.0 Å². The number of carbonyl (C=O) groups is 1. The Bertz CT molecular complexity index is 931. The number of para-hydroxylation sites is 1. The summed E-state index contributed by atoms with van der Waals surface area (Å²) < 4.78 is 8.27. The van der Waals surface area contributed by atoms with Gasteiger partial charge in [0.05, 0.1) is 6.54 Å². The molecule has 28 heavy (non-hydrogen) atoms. The number of aromatic nitrogens is 1. The first-order chi connectivity index (χ1) is 13.6. The Balaban J connectivity index is 1.69. The summed E-state index contributed by atoms with van der Waals surface area (Å²) in [5.41, 5.74) is 4.48. The first-order valence-electron chi connectivity index (χ1n) is 9.31. The molecule has 0 bridgehead atoms. The van der Waals surface area contributed by atoms with Gasteiger partial charge < -0.3 is 14.4 Å². The van der Waals surface area contributed by atoms with Crippen molar-refractivity contribution in [3.05, 3.63) is 71.9 Å². The summed E-state index contributed by atoms with van der Waals surface area (Å²) in [7, 11) is 0. The minimum atomic E-state index is -0.796. The van der Waals surface area contributed by atoms with Crippen LogP contribution in [0.5, 0.6) is 5.75 Å². The number of carboxylic acids is 1. The van der Waals surface area contributed by atoms with Crippen LogP contribution in [-0.2, 0) is 17.8 Å². The summed E-state index contributed by atoms with van der Waals surface area (Å²) in [6.45, 7) is 3.35. The van der Waals surface area contributed by atoms with Crippen LogP contribution in [0.4, 0.5) is 0 Å². The Morgan fingerprint density at radius 3 is 2.54 bits per heavy atom. The average Bonchev–Trinajstić information content (AvgIpc) is 3.08. The molecular weight excluding hydrogens is 370 g/mol. The Hall–Kier alpha value is -2.66. The van der Waals surface area contributed by atoms with Gasteiger partial charge in [-0.15, -0.1) is 11.8 Å². The number of nitrogens with zero attached hydrogens (tertiary/aromatic N) is 1. The van der Waals surface area contributed by atoms with Crippen molar-refractivity contribution in [1.29, 1.82) is 0 Å². The second kappa shape index (κ2) is 9.51. The van der Waals surface area contributed by atoms with Crippen LogP contribution in [0.15, 0.2) is 65.6 Å². The topological polar surface area (TPSA) is 51.5 Å². The van der Waals surface area contributed by atoms with Crippen LogP contribution in [-0.4, -0.2) is 28.5 Å². The number of hydrogen-bond acceptors (Lipinski definition) is 3. The van der Waals surface area contributed by atoms with Gasteiger partial charge in [-0.25, -0.2) is 0 Å². The lowest BCUT2D eigenvalue weighted by Gasteiger charge is -2.15. The van der Waals surface area contributed by atoms with Crippen LogP contribution in [0.2, 0.25) is 0 Å². The SMILES string of the molecule is CSc1ccc(-c2ccc(C)n2CCOc2ccccc2CCC(=O)O)cc1. The molecule has 0 saturated carbocycles. The van der Waals surface area contributed by atoms with E-state index >= 15 is 0 Å². The molecule has 0 aliphatic heterocycles. The van der Waals surface area contributed by atoms with E-state index in [4.69, 9.17) is 9.84 Å². The molecule has 0 atom stereocenters. The zero-order valence-electron chi connectivity index (χ0n) is 16.2. The zero-order valence-corrected chi connectivity index (χ0v) is 17.0. The van der Waals surface area contributed by atoms with E-state index in [1.807, 2.05) is 24.3 Å². The maximum atomic E-state index is 10.9. The molecule has 0 fully saturated rings. The number of thioether (sulfide) groups is 1. The Morgan fingerprint density at radius 1 is 1.07 bits per heavy atom. The molecular formula is C23H25NO3S. The molecule has 1 aromatic heterocycles. The number of aryl methyl sites for hydroxylation is 2. The van der Waals surface area contributed by atoms with Gasteiger partial charge in [0.15, 0.2) is 0 Å². The third kappa shape index (κ3) is 4.98. The van der Waals surface area contributed by atoms with Crippen LogP contribution in [0.1, 0.15) is 17.7 Å². The van der Waals surface area contributed by atoms with E-state index in [-0.39, 0.29) is 6.42 Å². The molecule has 0 unspecified atom stereocenters. The van der Waals surface area contributed by atoms with Gasteiger partial charge in [0, 0.05) is 22.7 Å². The van der Waals surface area contributed by atoms with E-state index in [0.717, 1.165) is 17.9 Å². The van der Waals surface area contributed by atoms with Gasteiger partial charge in [-0.1, -0.05) is 30.3 Å². The van der Waals surface area contributed by atoms with Gasteiger partial charge in [0.1, 0.15) is 12.4 Å². The number of rotatable bonds is 9. The summed E-state index contributed by atoms with van der Waals surface area (Å²) in [4.78, 5) is 12.1. The van der Waals surface area contributed by atoms with Crippen LogP contribution < -0.4 is 4.74 Å². The molecule has 1 N–H and O–H groups in total. The number of carboxylic acid groups (broad SMARTS) is 1. The summed E-state index contributed by atoms with van der Waals surface area (Å²) in [6.07, 6.45) is 2.65. The second-order valence-electron chi connectivity index (χ2n) is 6.59. The van der Waals surface area contributed by atoms with Crippen molar-refractivity contribution in [1.82, 2.24) is 4.57 Å². The van der Waals surface area contributed by atoms with E-state index in [1.54, 1.807) is 11.8 Å². The number of ether oxygens (including phenoxy) is 1. The predicted octanol–water partition coefficient (Wildman–Crippen LogP) is 5.28. The monoisotopic (exact) mass is 395 g/mol. The average molecular weight is 396 g/mol. The fraction of sp³-hybridized carbons (Fsp3) is 0.261. The molecule has 3 rings (SSSR count). The van der Waals surface area contributed by atoms with Crippen molar-refractivity contribution >= 4 is 17.7 Å². The molecule has 0 aliphatic carbocycles. The van der Waals surface area contributed by atoms with Gasteiger partial charge in [-0.05, 0) is 61.1 Å². The molecule has 146 valence electrons. The second-order valence-corrected chi connectivity index (χ2v) is 7.47. The standard InChI is InChI=1S/C23H25NO3S/c1-17-7-13-21(18-8-11-20(28-2)12-9-18)24(17)15-16-27-22-6-4-3-5-19(22)10-14-23(25)26/h3-9,11-13H,10,14-16H2,1-2H3,(H,25,26).